The fourth-order valence-electron chi connectivity index (χ4n) is 1.22. The average molecular weight is 241 g/mol. The summed E-state index contributed by atoms with van der Waals surface area (Å²) in [5.41, 5.74) is 1.03. The van der Waals surface area contributed by atoms with Crippen molar-refractivity contribution >= 4 is 17.2 Å². The Bertz CT molecular complexity index is 338. The Morgan fingerprint density at radius 1 is 1.62 bits per heavy atom. The fraction of sp³-hybridized carbons (Fsp3) is 0.636. The molecule has 0 aliphatic heterocycles. The molecule has 1 heterocycles. The first-order chi connectivity index (χ1) is 7.63. The van der Waals surface area contributed by atoms with Gasteiger partial charge in [0, 0.05) is 24.2 Å². The summed E-state index contributed by atoms with van der Waals surface area (Å²) >= 11 is 1.62. The number of thiazole rings is 1. The van der Waals surface area contributed by atoms with Crippen LogP contribution in [0, 0.1) is 6.92 Å². The second kappa shape index (κ2) is 6.60. The van der Waals surface area contributed by atoms with E-state index >= 15 is 0 Å². The van der Waals surface area contributed by atoms with E-state index in [0.717, 1.165) is 23.7 Å². The van der Waals surface area contributed by atoms with Crippen molar-refractivity contribution in [2.75, 3.05) is 6.54 Å². The first-order valence-corrected chi connectivity index (χ1v) is 6.43. The van der Waals surface area contributed by atoms with Crippen molar-refractivity contribution in [3.63, 3.8) is 0 Å². The largest absolute Gasteiger partial charge is 0.355 e. The van der Waals surface area contributed by atoms with Crippen LogP contribution in [0.2, 0.25) is 0 Å². The van der Waals surface area contributed by atoms with Crippen molar-refractivity contribution in [2.24, 2.45) is 0 Å². The Labute approximate surface area is 100 Å². The molecule has 0 aliphatic carbocycles. The molecule has 1 aromatic rings. The van der Waals surface area contributed by atoms with Crippen LogP contribution in [-0.4, -0.2) is 23.5 Å². The lowest BCUT2D eigenvalue weighted by Gasteiger charge is -2.12. The predicted octanol–water partition coefficient (Wildman–Crippen LogP) is 1.46. The molecule has 1 rings (SSSR count). The molecule has 0 radical (unpaired) electrons. The number of carbonyl (C=O) groups is 1. The highest BCUT2D eigenvalue weighted by Gasteiger charge is 2.11. The first-order valence-electron chi connectivity index (χ1n) is 5.55. The van der Waals surface area contributed by atoms with Crippen LogP contribution in [0.5, 0.6) is 0 Å². The molecule has 1 atom stereocenters. The summed E-state index contributed by atoms with van der Waals surface area (Å²) < 4.78 is 0. The molecule has 0 saturated heterocycles. The smallest absolute Gasteiger partial charge is 0.236 e. The van der Waals surface area contributed by atoms with Crippen molar-refractivity contribution in [3.05, 3.63) is 16.1 Å². The molecule has 0 spiro atoms. The molecule has 1 unspecified atom stereocenters. The maximum Gasteiger partial charge on any atom is 0.236 e. The number of aryl methyl sites for hydroxylation is 1. The van der Waals surface area contributed by atoms with Gasteiger partial charge in [-0.3, -0.25) is 10.1 Å². The Morgan fingerprint density at radius 2 is 2.38 bits per heavy atom. The zero-order valence-corrected chi connectivity index (χ0v) is 10.9. The second-order valence-corrected chi connectivity index (χ2v) is 4.72. The summed E-state index contributed by atoms with van der Waals surface area (Å²) in [6, 6.07) is -0.171. The summed E-state index contributed by atoms with van der Waals surface area (Å²) in [6.07, 6.45) is 0.962. The van der Waals surface area contributed by atoms with Gasteiger partial charge >= 0.3 is 0 Å². The highest BCUT2D eigenvalue weighted by Crippen LogP contribution is 2.08. The van der Waals surface area contributed by atoms with Crippen LogP contribution in [0.15, 0.2) is 5.38 Å². The SMILES string of the molecule is CCCNC(=O)C(C)NCc1nc(C)cs1. The normalized spacial score (nSPS) is 12.4. The van der Waals surface area contributed by atoms with Gasteiger partial charge in [0.25, 0.3) is 0 Å². The molecule has 0 bridgehead atoms. The van der Waals surface area contributed by atoms with Crippen LogP contribution < -0.4 is 10.6 Å². The van der Waals surface area contributed by atoms with Gasteiger partial charge in [0.05, 0.1) is 6.04 Å². The van der Waals surface area contributed by atoms with E-state index in [9.17, 15) is 4.79 Å². The highest BCUT2D eigenvalue weighted by molar-refractivity contribution is 7.09. The lowest BCUT2D eigenvalue weighted by Crippen LogP contribution is -2.42. The summed E-state index contributed by atoms with van der Waals surface area (Å²) in [5.74, 6) is 0.0510. The number of hydrogen-bond donors (Lipinski definition) is 2. The van der Waals surface area contributed by atoms with E-state index in [0.29, 0.717) is 6.54 Å². The van der Waals surface area contributed by atoms with Crippen molar-refractivity contribution in [1.82, 2.24) is 15.6 Å². The molecule has 16 heavy (non-hydrogen) atoms. The van der Waals surface area contributed by atoms with Gasteiger partial charge in [-0.1, -0.05) is 6.92 Å². The number of nitrogens with one attached hydrogen (secondary N) is 2. The number of amides is 1. The first kappa shape index (κ1) is 13.1. The van der Waals surface area contributed by atoms with Gasteiger partial charge in [-0.15, -0.1) is 11.3 Å². The van der Waals surface area contributed by atoms with Crippen molar-refractivity contribution < 1.29 is 4.79 Å². The molecule has 2 N–H and O–H groups in total. The van der Waals surface area contributed by atoms with Gasteiger partial charge in [0.15, 0.2) is 0 Å². The van der Waals surface area contributed by atoms with Gasteiger partial charge < -0.3 is 5.32 Å². The predicted molar refractivity (Wildman–Crippen MR) is 66.5 cm³/mol. The fourth-order valence-corrected chi connectivity index (χ4v) is 1.94. The number of rotatable bonds is 6. The molecule has 0 aliphatic rings. The molecule has 1 amide bonds. The molecule has 0 aromatic carbocycles. The summed E-state index contributed by atoms with van der Waals surface area (Å²) in [6.45, 7) is 7.26. The van der Waals surface area contributed by atoms with Gasteiger partial charge in [-0.25, -0.2) is 4.98 Å². The van der Waals surface area contributed by atoms with Gasteiger partial charge in [0.2, 0.25) is 5.91 Å². The minimum atomic E-state index is -0.171. The van der Waals surface area contributed by atoms with E-state index in [1.165, 1.54) is 0 Å². The van der Waals surface area contributed by atoms with Crippen LogP contribution in [0.1, 0.15) is 31.0 Å². The average Bonchev–Trinajstić information content (AvgIpc) is 2.68. The molecule has 5 heteroatoms. The lowest BCUT2D eigenvalue weighted by atomic mass is 10.3. The molecular weight excluding hydrogens is 222 g/mol. The van der Waals surface area contributed by atoms with E-state index in [-0.39, 0.29) is 11.9 Å². The number of hydrogen-bond acceptors (Lipinski definition) is 4. The van der Waals surface area contributed by atoms with Gasteiger partial charge in [-0.05, 0) is 20.3 Å². The monoisotopic (exact) mass is 241 g/mol. The maximum absolute atomic E-state index is 11.5. The third-order valence-electron chi connectivity index (χ3n) is 2.17. The Hall–Kier alpha value is -0.940. The third-order valence-corrected chi connectivity index (χ3v) is 3.14. The Balaban J connectivity index is 2.29. The summed E-state index contributed by atoms with van der Waals surface area (Å²) in [4.78, 5) is 15.9. The highest BCUT2D eigenvalue weighted by atomic mass is 32.1. The van der Waals surface area contributed by atoms with Crippen LogP contribution in [0.3, 0.4) is 0 Å². The van der Waals surface area contributed by atoms with Crippen molar-refractivity contribution in [3.8, 4) is 0 Å². The molecule has 0 fully saturated rings. The summed E-state index contributed by atoms with van der Waals surface area (Å²) in [5, 5.41) is 9.05. The second-order valence-electron chi connectivity index (χ2n) is 3.78. The minimum Gasteiger partial charge on any atom is -0.355 e. The van der Waals surface area contributed by atoms with E-state index in [1.54, 1.807) is 11.3 Å². The molecule has 90 valence electrons. The number of aromatic nitrogens is 1. The van der Waals surface area contributed by atoms with Crippen LogP contribution >= 0.6 is 11.3 Å². The van der Waals surface area contributed by atoms with E-state index in [1.807, 2.05) is 26.2 Å². The zero-order chi connectivity index (χ0) is 12.0. The minimum absolute atomic E-state index is 0.0510. The van der Waals surface area contributed by atoms with Gasteiger partial charge in [0.1, 0.15) is 5.01 Å². The van der Waals surface area contributed by atoms with Crippen LogP contribution in [-0.2, 0) is 11.3 Å². The standard InChI is InChI=1S/C11H19N3OS/c1-4-5-12-11(15)9(3)13-6-10-14-8(2)7-16-10/h7,9,13H,4-6H2,1-3H3,(H,12,15). The van der Waals surface area contributed by atoms with E-state index < -0.39 is 0 Å². The van der Waals surface area contributed by atoms with E-state index in [2.05, 4.69) is 15.6 Å². The molecule has 0 saturated carbocycles. The number of carbonyl (C=O) groups excluding carboxylic acids is 1. The number of nitrogens with zero attached hydrogens (tertiary/aromatic N) is 1. The van der Waals surface area contributed by atoms with Gasteiger partial charge in [-0.2, -0.15) is 0 Å². The Kier molecular flexibility index (Phi) is 5.42. The van der Waals surface area contributed by atoms with Crippen molar-refractivity contribution in [2.45, 2.75) is 39.8 Å². The van der Waals surface area contributed by atoms with Crippen molar-refractivity contribution in [1.29, 1.82) is 0 Å². The lowest BCUT2D eigenvalue weighted by molar-refractivity contribution is -0.122. The quantitative estimate of drug-likeness (QED) is 0.792. The van der Waals surface area contributed by atoms with Crippen LogP contribution in [0.25, 0.3) is 0 Å². The van der Waals surface area contributed by atoms with E-state index in [4.69, 9.17) is 0 Å². The molecule has 4 nitrogen and oxygen atoms in total. The zero-order valence-electron chi connectivity index (χ0n) is 10.0. The Morgan fingerprint density at radius 3 is 2.94 bits per heavy atom. The molecule has 1 aromatic heterocycles. The topological polar surface area (TPSA) is 54.0 Å². The molecular formula is C11H19N3OS. The van der Waals surface area contributed by atoms with Crippen LogP contribution in [0.4, 0.5) is 0 Å². The third kappa shape index (κ3) is 4.28. The maximum atomic E-state index is 11.5. The summed E-state index contributed by atoms with van der Waals surface area (Å²) in [7, 11) is 0.